The first-order valence-electron chi connectivity index (χ1n) is 8.25. The van der Waals surface area contributed by atoms with Crippen molar-refractivity contribution in [1.29, 1.82) is 0 Å². The monoisotopic (exact) mass is 388 g/mol. The van der Waals surface area contributed by atoms with Crippen molar-refractivity contribution in [3.05, 3.63) is 57.8 Å². The van der Waals surface area contributed by atoms with Crippen molar-refractivity contribution in [1.82, 2.24) is 10.6 Å². The molecule has 1 aromatic heterocycles. The van der Waals surface area contributed by atoms with E-state index >= 15 is 0 Å². The zero-order valence-electron chi connectivity index (χ0n) is 15.0. The number of esters is 1. The molecule has 8 heteroatoms. The molecule has 142 valence electrons. The van der Waals surface area contributed by atoms with Crippen LogP contribution in [-0.2, 0) is 20.9 Å². The molecular weight excluding hydrogens is 368 g/mol. The summed E-state index contributed by atoms with van der Waals surface area (Å²) in [7, 11) is 0. The minimum Gasteiger partial charge on any atom is -0.456 e. The predicted octanol–water partition coefficient (Wildman–Crippen LogP) is 1.93. The molecule has 2 rings (SSSR count). The second-order valence-electron chi connectivity index (χ2n) is 5.77. The maximum absolute atomic E-state index is 12.1. The molecule has 1 aromatic carbocycles. The highest BCUT2D eigenvalue weighted by atomic mass is 32.1. The zero-order valence-corrected chi connectivity index (χ0v) is 15.8. The van der Waals surface area contributed by atoms with Gasteiger partial charge in [0.15, 0.2) is 6.61 Å². The minimum absolute atomic E-state index is 0.156. The number of benzene rings is 1. The molecule has 0 radical (unpaired) electrons. The largest absolute Gasteiger partial charge is 0.456 e. The highest BCUT2D eigenvalue weighted by molar-refractivity contribution is 7.14. The number of Topliss-reactive ketones (excluding diaryl/α,β-unsaturated/α-hetero) is 1. The number of carbonyl (C=O) groups is 4. The van der Waals surface area contributed by atoms with Gasteiger partial charge in [-0.3, -0.25) is 14.4 Å². The molecule has 0 bridgehead atoms. The summed E-state index contributed by atoms with van der Waals surface area (Å²) in [6, 6.07) is 11.0. The lowest BCUT2D eigenvalue weighted by atomic mass is 10.2. The van der Waals surface area contributed by atoms with E-state index in [4.69, 9.17) is 4.74 Å². The van der Waals surface area contributed by atoms with E-state index in [1.807, 2.05) is 0 Å². The lowest BCUT2D eigenvalue weighted by Gasteiger charge is -2.13. The quantitative estimate of drug-likeness (QED) is 0.531. The van der Waals surface area contributed by atoms with E-state index < -0.39 is 24.5 Å². The SMILES string of the molecule is CC(=O)NCc1ccc(C(=O)COC(=O)[C@H](C)NC(=O)c2ccccc2)s1. The zero-order chi connectivity index (χ0) is 19.8. The van der Waals surface area contributed by atoms with Gasteiger partial charge in [0, 0.05) is 17.4 Å². The number of hydrogen-bond donors (Lipinski definition) is 2. The molecule has 0 saturated carbocycles. The molecule has 27 heavy (non-hydrogen) atoms. The van der Waals surface area contributed by atoms with E-state index in [2.05, 4.69) is 10.6 Å². The van der Waals surface area contributed by atoms with Gasteiger partial charge in [0.1, 0.15) is 6.04 Å². The first-order chi connectivity index (χ1) is 12.9. The average molecular weight is 388 g/mol. The van der Waals surface area contributed by atoms with Crippen molar-refractivity contribution in [3.8, 4) is 0 Å². The third kappa shape index (κ3) is 6.34. The number of thiophene rings is 1. The number of nitrogens with one attached hydrogen (secondary N) is 2. The van der Waals surface area contributed by atoms with Crippen molar-refractivity contribution >= 4 is 34.9 Å². The van der Waals surface area contributed by atoms with Gasteiger partial charge in [0.2, 0.25) is 11.7 Å². The molecule has 0 spiro atoms. The van der Waals surface area contributed by atoms with Crippen LogP contribution in [0.2, 0.25) is 0 Å². The smallest absolute Gasteiger partial charge is 0.328 e. The third-order valence-corrected chi connectivity index (χ3v) is 4.66. The van der Waals surface area contributed by atoms with Crippen molar-refractivity contribution < 1.29 is 23.9 Å². The fourth-order valence-corrected chi connectivity index (χ4v) is 2.97. The Morgan fingerprint density at radius 1 is 1.07 bits per heavy atom. The topological polar surface area (TPSA) is 102 Å². The lowest BCUT2D eigenvalue weighted by molar-refractivity contribution is -0.144. The summed E-state index contributed by atoms with van der Waals surface area (Å²) in [4.78, 5) is 48.3. The van der Waals surface area contributed by atoms with Crippen molar-refractivity contribution in [2.45, 2.75) is 26.4 Å². The Morgan fingerprint density at radius 3 is 2.44 bits per heavy atom. The number of hydrogen-bond acceptors (Lipinski definition) is 6. The second-order valence-corrected chi connectivity index (χ2v) is 6.94. The van der Waals surface area contributed by atoms with Crippen LogP contribution in [0.3, 0.4) is 0 Å². The highest BCUT2D eigenvalue weighted by Gasteiger charge is 2.20. The van der Waals surface area contributed by atoms with E-state index in [9.17, 15) is 19.2 Å². The molecule has 2 amide bonds. The van der Waals surface area contributed by atoms with E-state index in [-0.39, 0.29) is 11.7 Å². The summed E-state index contributed by atoms with van der Waals surface area (Å²) in [6.07, 6.45) is 0. The molecule has 0 fully saturated rings. The predicted molar refractivity (Wildman–Crippen MR) is 100 cm³/mol. The molecule has 2 N–H and O–H groups in total. The second kappa shape index (κ2) is 9.63. The summed E-state index contributed by atoms with van der Waals surface area (Å²) in [5, 5.41) is 5.17. The molecule has 1 heterocycles. The van der Waals surface area contributed by atoms with Gasteiger partial charge in [-0.25, -0.2) is 4.79 Å². The van der Waals surface area contributed by atoms with Crippen LogP contribution in [0.5, 0.6) is 0 Å². The Kier molecular flexibility index (Phi) is 7.25. The molecule has 0 aliphatic rings. The Morgan fingerprint density at radius 2 is 1.78 bits per heavy atom. The summed E-state index contributed by atoms with van der Waals surface area (Å²) in [5.74, 6) is -1.59. The van der Waals surface area contributed by atoms with Gasteiger partial charge < -0.3 is 15.4 Å². The fraction of sp³-hybridized carbons (Fsp3) is 0.263. The summed E-state index contributed by atoms with van der Waals surface area (Å²) in [5.41, 5.74) is 0.429. The van der Waals surface area contributed by atoms with Gasteiger partial charge in [-0.05, 0) is 31.2 Å². The molecule has 0 aliphatic heterocycles. The first-order valence-corrected chi connectivity index (χ1v) is 9.07. The van der Waals surface area contributed by atoms with Crippen LogP contribution in [0.15, 0.2) is 42.5 Å². The third-order valence-electron chi connectivity index (χ3n) is 3.53. The minimum atomic E-state index is -0.885. The van der Waals surface area contributed by atoms with Gasteiger partial charge in [0.25, 0.3) is 5.91 Å². The highest BCUT2D eigenvalue weighted by Crippen LogP contribution is 2.17. The maximum atomic E-state index is 12.1. The fourth-order valence-electron chi connectivity index (χ4n) is 2.10. The van der Waals surface area contributed by atoms with Crippen molar-refractivity contribution in [2.24, 2.45) is 0 Å². The van der Waals surface area contributed by atoms with Gasteiger partial charge in [-0.1, -0.05) is 18.2 Å². The van der Waals surface area contributed by atoms with E-state index in [0.717, 1.165) is 4.88 Å². The Balaban J connectivity index is 1.81. The molecule has 0 aliphatic carbocycles. The van der Waals surface area contributed by atoms with Gasteiger partial charge >= 0.3 is 5.97 Å². The number of carbonyl (C=O) groups excluding carboxylic acids is 4. The molecular formula is C19H20N2O5S. The normalized spacial score (nSPS) is 11.3. The molecule has 7 nitrogen and oxygen atoms in total. The summed E-state index contributed by atoms with van der Waals surface area (Å²) >= 11 is 1.23. The number of ketones is 1. The molecule has 1 atom stereocenters. The summed E-state index contributed by atoms with van der Waals surface area (Å²) in [6.45, 7) is 2.83. The van der Waals surface area contributed by atoms with Crippen LogP contribution in [0.1, 0.15) is 38.8 Å². The number of rotatable bonds is 8. The molecule has 0 unspecified atom stereocenters. The van der Waals surface area contributed by atoms with E-state index in [0.29, 0.717) is 17.0 Å². The number of amides is 2. The van der Waals surface area contributed by atoms with Crippen LogP contribution < -0.4 is 10.6 Å². The van der Waals surface area contributed by atoms with Gasteiger partial charge in [0.05, 0.1) is 11.4 Å². The van der Waals surface area contributed by atoms with Crippen LogP contribution >= 0.6 is 11.3 Å². The van der Waals surface area contributed by atoms with Crippen LogP contribution in [0.25, 0.3) is 0 Å². The number of ether oxygens (including phenoxy) is 1. The van der Waals surface area contributed by atoms with Crippen molar-refractivity contribution in [2.75, 3.05) is 6.61 Å². The van der Waals surface area contributed by atoms with Crippen LogP contribution in [0.4, 0.5) is 0 Å². The van der Waals surface area contributed by atoms with Gasteiger partial charge in [-0.2, -0.15) is 0 Å². The van der Waals surface area contributed by atoms with Crippen LogP contribution in [0, 0.1) is 0 Å². The van der Waals surface area contributed by atoms with Crippen molar-refractivity contribution in [3.63, 3.8) is 0 Å². The Labute approximate surface area is 160 Å². The Bertz CT molecular complexity index is 832. The lowest BCUT2D eigenvalue weighted by Crippen LogP contribution is -2.40. The van der Waals surface area contributed by atoms with Gasteiger partial charge in [-0.15, -0.1) is 11.3 Å². The van der Waals surface area contributed by atoms with Crippen LogP contribution in [-0.4, -0.2) is 36.2 Å². The standard InChI is InChI=1S/C19H20N2O5S/c1-12(21-18(24)14-6-4-3-5-7-14)19(25)26-11-16(23)17-9-8-15(27-17)10-20-13(2)22/h3-9,12H,10-11H2,1-2H3,(H,20,22)(H,21,24)/t12-/m0/s1. The average Bonchev–Trinajstić information content (AvgIpc) is 3.14. The Hall–Kier alpha value is -3.00. The molecule has 0 saturated heterocycles. The van der Waals surface area contributed by atoms with E-state index in [1.54, 1.807) is 42.5 Å². The molecule has 2 aromatic rings. The maximum Gasteiger partial charge on any atom is 0.328 e. The summed E-state index contributed by atoms with van der Waals surface area (Å²) < 4.78 is 5.00. The van der Waals surface area contributed by atoms with E-state index in [1.165, 1.54) is 25.2 Å². The first kappa shape index (κ1) is 20.3.